The Labute approximate surface area is 176 Å². The zero-order chi connectivity index (χ0) is 21.5. The highest BCUT2D eigenvalue weighted by Gasteiger charge is 2.31. The number of alkyl halides is 3. The van der Waals surface area contributed by atoms with Crippen LogP contribution in [0.15, 0.2) is 63.3 Å². The Morgan fingerprint density at radius 2 is 2.00 bits per heavy atom. The molecule has 0 aliphatic carbocycles. The van der Waals surface area contributed by atoms with Gasteiger partial charge in [-0.25, -0.2) is 14.8 Å². The average Bonchev–Trinajstić information content (AvgIpc) is 3.28. The van der Waals surface area contributed by atoms with Crippen LogP contribution in [0.4, 0.5) is 13.2 Å². The number of hydrogen-bond acceptors (Lipinski definition) is 5. The average molecular weight is 454 g/mol. The third kappa shape index (κ3) is 4.01. The lowest BCUT2D eigenvalue weighted by Gasteiger charge is -2.10. The lowest BCUT2D eigenvalue weighted by molar-refractivity contribution is -0.137. The summed E-state index contributed by atoms with van der Waals surface area (Å²) in [5, 5.41) is 9.46. The third-order valence-corrected chi connectivity index (χ3v) is 5.54. The second-order valence-electron chi connectivity index (χ2n) is 6.15. The topological polar surface area (TPSA) is 81.1 Å². The fourth-order valence-corrected chi connectivity index (χ4v) is 3.89. The van der Waals surface area contributed by atoms with E-state index in [1.54, 1.807) is 16.7 Å². The van der Waals surface area contributed by atoms with Gasteiger partial charge in [0.1, 0.15) is 10.8 Å². The summed E-state index contributed by atoms with van der Waals surface area (Å²) in [5.74, 6) is -1.01. The summed E-state index contributed by atoms with van der Waals surface area (Å²) in [7, 11) is 0. The van der Waals surface area contributed by atoms with Crippen LogP contribution in [0.1, 0.15) is 21.9 Å². The van der Waals surface area contributed by atoms with Crippen molar-refractivity contribution in [1.82, 2.24) is 14.5 Å². The molecule has 11 heteroatoms. The molecular weight excluding hydrogens is 443 g/mol. The molecule has 6 nitrogen and oxygen atoms in total. The van der Waals surface area contributed by atoms with Crippen LogP contribution in [0.3, 0.4) is 0 Å². The van der Waals surface area contributed by atoms with Crippen molar-refractivity contribution in [3.63, 3.8) is 0 Å². The number of aromatic nitrogens is 3. The molecular formula is C19H11ClF3N3O3S. The molecule has 1 N–H and O–H groups in total. The molecule has 0 saturated carbocycles. The molecule has 0 atom stereocenters. The van der Waals surface area contributed by atoms with Crippen LogP contribution in [-0.4, -0.2) is 25.6 Å². The summed E-state index contributed by atoms with van der Waals surface area (Å²) >= 11 is 7.03. The van der Waals surface area contributed by atoms with Gasteiger partial charge >= 0.3 is 12.1 Å². The van der Waals surface area contributed by atoms with Crippen LogP contribution < -0.4 is 0 Å². The summed E-state index contributed by atoms with van der Waals surface area (Å²) in [6.45, 7) is 0.161. The number of para-hydroxylation sites is 2. The lowest BCUT2D eigenvalue weighted by atomic mass is 10.3. The molecule has 0 unspecified atom stereocenters. The highest BCUT2D eigenvalue weighted by atomic mass is 35.5. The number of pyridine rings is 1. The van der Waals surface area contributed by atoms with E-state index >= 15 is 0 Å². The maximum Gasteiger partial charge on any atom is 0.417 e. The third-order valence-electron chi connectivity index (χ3n) is 4.13. The summed E-state index contributed by atoms with van der Waals surface area (Å²) in [5.41, 5.74) is 0.437. The molecule has 0 saturated heterocycles. The fraction of sp³-hybridized carbons (Fsp3) is 0.105. The highest BCUT2D eigenvalue weighted by Crippen LogP contribution is 2.37. The monoisotopic (exact) mass is 453 g/mol. The zero-order valence-electron chi connectivity index (χ0n) is 14.9. The molecule has 0 amide bonds. The molecule has 1 aromatic carbocycles. The van der Waals surface area contributed by atoms with Gasteiger partial charge in [0, 0.05) is 6.20 Å². The van der Waals surface area contributed by atoms with Crippen LogP contribution in [0.2, 0.25) is 5.02 Å². The minimum atomic E-state index is -4.55. The smallest absolute Gasteiger partial charge is 0.417 e. The number of carbonyl (C=O) groups is 1. The van der Waals surface area contributed by atoms with Crippen LogP contribution in [-0.2, 0) is 12.7 Å². The summed E-state index contributed by atoms with van der Waals surface area (Å²) in [6.07, 6.45) is -3.83. The molecule has 30 heavy (non-hydrogen) atoms. The maximum absolute atomic E-state index is 12.9. The van der Waals surface area contributed by atoms with E-state index in [4.69, 9.17) is 21.1 Å². The summed E-state index contributed by atoms with van der Waals surface area (Å²) in [4.78, 5) is 19.4. The summed E-state index contributed by atoms with van der Waals surface area (Å²) in [6, 6.07) is 10.9. The van der Waals surface area contributed by atoms with Crippen LogP contribution in [0, 0.1) is 0 Å². The number of aromatic carboxylic acids is 1. The van der Waals surface area contributed by atoms with E-state index in [0.29, 0.717) is 22.6 Å². The minimum Gasteiger partial charge on any atom is -0.475 e. The molecule has 4 aromatic rings. The van der Waals surface area contributed by atoms with Crippen LogP contribution >= 0.6 is 23.4 Å². The molecule has 0 spiro atoms. The van der Waals surface area contributed by atoms with Gasteiger partial charge in [-0.2, -0.15) is 13.2 Å². The predicted molar refractivity (Wildman–Crippen MR) is 103 cm³/mol. The van der Waals surface area contributed by atoms with Crippen molar-refractivity contribution in [2.45, 2.75) is 22.9 Å². The van der Waals surface area contributed by atoms with E-state index in [2.05, 4.69) is 9.97 Å². The van der Waals surface area contributed by atoms with E-state index < -0.39 is 17.7 Å². The Morgan fingerprint density at radius 1 is 1.23 bits per heavy atom. The minimum absolute atomic E-state index is 0.153. The highest BCUT2D eigenvalue weighted by molar-refractivity contribution is 7.99. The summed E-state index contributed by atoms with van der Waals surface area (Å²) < 4.78 is 45.6. The number of nitrogens with zero attached hydrogens (tertiary/aromatic N) is 3. The second kappa shape index (κ2) is 7.69. The molecule has 0 aliphatic heterocycles. The van der Waals surface area contributed by atoms with Gasteiger partial charge in [-0.05, 0) is 42.1 Å². The van der Waals surface area contributed by atoms with Crippen molar-refractivity contribution in [2.75, 3.05) is 0 Å². The van der Waals surface area contributed by atoms with Gasteiger partial charge in [-0.15, -0.1) is 0 Å². The van der Waals surface area contributed by atoms with Crippen molar-refractivity contribution in [1.29, 1.82) is 0 Å². The fourth-order valence-electron chi connectivity index (χ4n) is 2.76. The SMILES string of the molecule is O=C(O)c1ccc(Cn2c(Sc3ncc(C(F)(F)F)cc3Cl)nc3ccccc32)o1. The number of imidazole rings is 1. The van der Waals surface area contributed by atoms with Gasteiger partial charge in [0.2, 0.25) is 5.76 Å². The Balaban J connectivity index is 1.72. The van der Waals surface area contributed by atoms with Crippen molar-refractivity contribution in [3.8, 4) is 0 Å². The number of halogens is 4. The first-order chi connectivity index (χ1) is 14.2. The molecule has 4 rings (SSSR count). The number of hydrogen-bond donors (Lipinski definition) is 1. The maximum atomic E-state index is 12.9. The number of rotatable bonds is 5. The number of benzene rings is 1. The van der Waals surface area contributed by atoms with E-state index in [1.165, 1.54) is 12.1 Å². The molecule has 154 valence electrons. The van der Waals surface area contributed by atoms with E-state index in [9.17, 15) is 18.0 Å². The Morgan fingerprint density at radius 3 is 2.67 bits per heavy atom. The van der Waals surface area contributed by atoms with Crippen LogP contribution in [0.25, 0.3) is 11.0 Å². The molecule has 0 bridgehead atoms. The van der Waals surface area contributed by atoms with Crippen molar-refractivity contribution < 1.29 is 27.5 Å². The van der Waals surface area contributed by atoms with E-state index in [1.807, 2.05) is 12.1 Å². The van der Waals surface area contributed by atoms with Gasteiger partial charge < -0.3 is 14.1 Å². The number of furan rings is 1. The Hall–Kier alpha value is -2.98. The molecule has 3 heterocycles. The number of carboxylic acid groups (broad SMARTS) is 1. The quantitative estimate of drug-likeness (QED) is 0.424. The largest absolute Gasteiger partial charge is 0.475 e. The normalized spacial score (nSPS) is 11.9. The van der Waals surface area contributed by atoms with Crippen molar-refractivity contribution in [2.24, 2.45) is 0 Å². The van der Waals surface area contributed by atoms with Gasteiger partial charge in [-0.3, -0.25) is 0 Å². The molecule has 3 aromatic heterocycles. The zero-order valence-corrected chi connectivity index (χ0v) is 16.4. The van der Waals surface area contributed by atoms with Crippen LogP contribution in [0.5, 0.6) is 0 Å². The van der Waals surface area contributed by atoms with Gasteiger partial charge in [-0.1, -0.05) is 23.7 Å². The van der Waals surface area contributed by atoms with Gasteiger partial charge in [0.05, 0.1) is 28.2 Å². The molecule has 0 fully saturated rings. The first-order valence-corrected chi connectivity index (χ1v) is 9.59. The Bertz CT molecular complexity index is 1250. The first-order valence-electron chi connectivity index (χ1n) is 8.40. The van der Waals surface area contributed by atoms with Gasteiger partial charge in [0.15, 0.2) is 5.16 Å². The second-order valence-corrected chi connectivity index (χ2v) is 7.51. The predicted octanol–water partition coefficient (Wildman–Crippen LogP) is 5.59. The standard InChI is InChI=1S/C19H11ClF3N3O3S/c20-12-7-10(19(21,22)23)8-24-16(12)30-18-25-13-3-1-2-4-14(13)26(18)9-11-5-6-15(29-11)17(27)28/h1-8H,9H2,(H,27,28). The first kappa shape index (κ1) is 20.3. The number of carboxylic acids is 1. The molecule has 0 radical (unpaired) electrons. The number of fused-ring (bicyclic) bond motifs is 1. The van der Waals surface area contributed by atoms with Gasteiger partial charge in [0.25, 0.3) is 0 Å². The van der Waals surface area contributed by atoms with Crippen molar-refractivity contribution >= 4 is 40.4 Å². The Kier molecular flexibility index (Phi) is 5.20. The van der Waals surface area contributed by atoms with E-state index in [-0.39, 0.29) is 22.4 Å². The van der Waals surface area contributed by atoms with E-state index in [0.717, 1.165) is 23.3 Å². The molecule has 0 aliphatic rings. The lowest BCUT2D eigenvalue weighted by Crippen LogP contribution is -2.06. The van der Waals surface area contributed by atoms with Crippen molar-refractivity contribution in [3.05, 3.63) is 70.8 Å².